The van der Waals surface area contributed by atoms with Crippen LogP contribution in [0.25, 0.3) is 0 Å². The molecule has 1 unspecified atom stereocenters. The fourth-order valence-electron chi connectivity index (χ4n) is 1.19. The van der Waals surface area contributed by atoms with E-state index in [-0.39, 0.29) is 23.2 Å². The number of hydrogen-bond acceptors (Lipinski definition) is 2. The molecule has 0 aliphatic rings. The average Bonchev–Trinajstić information content (AvgIpc) is 2.28. The van der Waals surface area contributed by atoms with Crippen LogP contribution in [0.3, 0.4) is 0 Å². The van der Waals surface area contributed by atoms with Gasteiger partial charge >= 0.3 is 5.97 Å². The number of hydrogen-bond donors (Lipinski definition) is 1. The van der Waals surface area contributed by atoms with E-state index in [9.17, 15) is 13.6 Å². The van der Waals surface area contributed by atoms with Gasteiger partial charge in [0.2, 0.25) is 0 Å². The van der Waals surface area contributed by atoms with Gasteiger partial charge < -0.3 is 9.84 Å². The summed E-state index contributed by atoms with van der Waals surface area (Å²) in [6.45, 7) is 1.46. The summed E-state index contributed by atoms with van der Waals surface area (Å²) in [5.74, 6) is -2.10. The number of aliphatic carboxylic acids is 1. The van der Waals surface area contributed by atoms with Gasteiger partial charge in [-0.25, -0.2) is 13.6 Å². The minimum atomic E-state index is -1.99. The van der Waals surface area contributed by atoms with Gasteiger partial charge in [0.15, 0.2) is 17.7 Å². The van der Waals surface area contributed by atoms with E-state index in [1.165, 1.54) is 6.07 Å². The number of benzene rings is 1. The minimum Gasteiger partial charge on any atom is -0.490 e. The van der Waals surface area contributed by atoms with Gasteiger partial charge in [0.05, 0.1) is 11.1 Å². The van der Waals surface area contributed by atoms with Gasteiger partial charge in [0.1, 0.15) is 0 Å². The van der Waals surface area contributed by atoms with Gasteiger partial charge in [-0.05, 0) is 34.5 Å². The second-order valence-corrected chi connectivity index (χ2v) is 4.30. The van der Waals surface area contributed by atoms with Crippen LogP contribution in [-0.2, 0) is 4.79 Å². The summed E-state index contributed by atoms with van der Waals surface area (Å²) in [4.78, 5) is 10.2. The zero-order valence-electron chi connectivity index (χ0n) is 9.04. The van der Waals surface area contributed by atoms with E-state index >= 15 is 0 Å². The maximum atomic E-state index is 13.6. The molecule has 1 atom stereocenters. The van der Waals surface area contributed by atoms with Crippen molar-refractivity contribution in [3.63, 3.8) is 0 Å². The highest BCUT2D eigenvalue weighted by molar-refractivity contribution is 9.10. The van der Waals surface area contributed by atoms with Crippen molar-refractivity contribution in [1.82, 2.24) is 0 Å². The Labute approximate surface area is 106 Å². The minimum absolute atomic E-state index is 0.0111. The van der Waals surface area contributed by atoms with Crippen molar-refractivity contribution in [3.05, 3.63) is 28.0 Å². The number of ether oxygens (including phenoxy) is 1. The highest BCUT2D eigenvalue weighted by Gasteiger charge is 2.17. The van der Waals surface area contributed by atoms with Gasteiger partial charge in [0.25, 0.3) is 0 Å². The molecule has 1 aromatic rings. The summed E-state index contributed by atoms with van der Waals surface area (Å²) >= 11 is 3.00. The maximum Gasteiger partial charge on any atom is 0.338 e. The molecule has 17 heavy (non-hydrogen) atoms. The largest absolute Gasteiger partial charge is 0.490 e. The van der Waals surface area contributed by atoms with Crippen molar-refractivity contribution in [2.75, 3.05) is 6.61 Å². The Hall–Kier alpha value is -1.17. The summed E-state index contributed by atoms with van der Waals surface area (Å²) in [5, 5.41) is 8.32. The van der Waals surface area contributed by atoms with Crippen molar-refractivity contribution < 1.29 is 23.4 Å². The molecule has 0 heterocycles. The molecule has 0 aromatic heterocycles. The summed E-state index contributed by atoms with van der Waals surface area (Å²) in [6.07, 6.45) is -2.31. The zero-order chi connectivity index (χ0) is 13.0. The van der Waals surface area contributed by atoms with Crippen LogP contribution in [-0.4, -0.2) is 23.9 Å². The van der Waals surface area contributed by atoms with Crippen LogP contribution in [0.4, 0.5) is 8.78 Å². The number of aryl methyl sites for hydroxylation is 1. The Morgan fingerprint density at radius 3 is 2.82 bits per heavy atom. The average molecular weight is 309 g/mol. The molecule has 0 radical (unpaired) electrons. The smallest absolute Gasteiger partial charge is 0.338 e. The lowest BCUT2D eigenvalue weighted by atomic mass is 10.2. The number of carboxylic acid groups (broad SMARTS) is 1. The first-order valence-corrected chi connectivity index (χ1v) is 5.67. The highest BCUT2D eigenvalue weighted by atomic mass is 79.9. The van der Waals surface area contributed by atoms with E-state index in [0.717, 1.165) is 0 Å². The third kappa shape index (κ3) is 3.66. The predicted molar refractivity (Wildman–Crippen MR) is 61.5 cm³/mol. The molecule has 94 valence electrons. The molecule has 1 N–H and O–H groups in total. The number of carbonyl (C=O) groups is 1. The predicted octanol–water partition coefficient (Wildman–Crippen LogP) is 3.09. The molecule has 0 bridgehead atoms. The molecule has 0 aliphatic carbocycles. The number of carboxylic acids is 1. The Bertz CT molecular complexity index is 423. The number of alkyl halides is 1. The number of halogens is 3. The third-order valence-electron chi connectivity index (χ3n) is 2.13. The second kappa shape index (κ2) is 5.95. The molecule has 3 nitrogen and oxygen atoms in total. The van der Waals surface area contributed by atoms with Gasteiger partial charge in [-0.3, -0.25) is 0 Å². The monoisotopic (exact) mass is 308 g/mol. The Morgan fingerprint density at radius 2 is 2.24 bits per heavy atom. The molecular weight excluding hydrogens is 298 g/mol. The summed E-state index contributed by atoms with van der Waals surface area (Å²) < 4.78 is 31.6. The quantitative estimate of drug-likeness (QED) is 0.909. The van der Waals surface area contributed by atoms with Crippen molar-refractivity contribution in [2.45, 2.75) is 19.5 Å². The van der Waals surface area contributed by atoms with Crippen LogP contribution in [0, 0.1) is 12.7 Å². The van der Waals surface area contributed by atoms with E-state index in [4.69, 9.17) is 9.84 Å². The summed E-state index contributed by atoms with van der Waals surface area (Å²) in [6, 6.07) is 3.18. The number of rotatable bonds is 5. The van der Waals surface area contributed by atoms with Crippen molar-refractivity contribution in [3.8, 4) is 5.75 Å². The van der Waals surface area contributed by atoms with Crippen molar-refractivity contribution in [2.24, 2.45) is 0 Å². The van der Waals surface area contributed by atoms with Crippen LogP contribution in [0.1, 0.15) is 12.0 Å². The molecule has 0 saturated heterocycles. The fourth-order valence-corrected chi connectivity index (χ4v) is 1.51. The first-order valence-electron chi connectivity index (χ1n) is 4.87. The van der Waals surface area contributed by atoms with E-state index in [1.807, 2.05) is 0 Å². The molecular formula is C11H11BrF2O3. The molecule has 0 spiro atoms. The molecule has 6 heteroatoms. The molecule has 0 aliphatic heterocycles. The van der Waals surface area contributed by atoms with Gasteiger partial charge in [-0.2, -0.15) is 0 Å². The molecule has 0 amide bonds. The van der Waals surface area contributed by atoms with Gasteiger partial charge in [-0.15, -0.1) is 0 Å². The molecule has 0 fully saturated rings. The van der Waals surface area contributed by atoms with E-state index in [1.54, 1.807) is 13.0 Å². The van der Waals surface area contributed by atoms with Gasteiger partial charge in [0, 0.05) is 6.42 Å². The molecule has 1 aromatic carbocycles. The van der Waals surface area contributed by atoms with Crippen molar-refractivity contribution >= 4 is 21.9 Å². The zero-order valence-corrected chi connectivity index (χ0v) is 10.6. The Kier molecular flexibility index (Phi) is 4.86. The molecule has 0 saturated carbocycles. The van der Waals surface area contributed by atoms with E-state index in [2.05, 4.69) is 15.9 Å². The van der Waals surface area contributed by atoms with Crippen LogP contribution >= 0.6 is 15.9 Å². The topological polar surface area (TPSA) is 46.5 Å². The maximum absolute atomic E-state index is 13.6. The van der Waals surface area contributed by atoms with Crippen LogP contribution < -0.4 is 4.74 Å². The van der Waals surface area contributed by atoms with Gasteiger partial charge in [-0.1, -0.05) is 6.07 Å². The summed E-state index contributed by atoms with van der Waals surface area (Å²) in [7, 11) is 0. The SMILES string of the molecule is Cc1ccc(Br)c(F)c1OCCC(F)C(=O)O. The highest BCUT2D eigenvalue weighted by Crippen LogP contribution is 2.28. The first kappa shape index (κ1) is 13.9. The molecule has 1 rings (SSSR count). The lowest BCUT2D eigenvalue weighted by Gasteiger charge is -2.11. The summed E-state index contributed by atoms with van der Waals surface area (Å²) in [5.41, 5.74) is 0.566. The van der Waals surface area contributed by atoms with E-state index in [0.29, 0.717) is 5.56 Å². The lowest BCUT2D eigenvalue weighted by Crippen LogP contribution is -2.18. The Morgan fingerprint density at radius 1 is 1.59 bits per heavy atom. The van der Waals surface area contributed by atoms with Crippen molar-refractivity contribution in [1.29, 1.82) is 0 Å². The van der Waals surface area contributed by atoms with Crippen LogP contribution in [0.5, 0.6) is 5.75 Å². The lowest BCUT2D eigenvalue weighted by molar-refractivity contribution is -0.143. The fraction of sp³-hybridized carbons (Fsp3) is 0.364. The van der Waals surface area contributed by atoms with Crippen LogP contribution in [0.2, 0.25) is 0 Å². The first-order chi connectivity index (χ1) is 7.93. The standard InChI is InChI=1S/C11H11BrF2O3/c1-6-2-3-7(12)9(14)10(6)17-5-4-8(13)11(15)16/h2-3,8H,4-5H2,1H3,(H,15,16). The van der Waals surface area contributed by atoms with E-state index < -0.39 is 18.0 Å². The normalized spacial score (nSPS) is 12.2. The second-order valence-electron chi connectivity index (χ2n) is 3.45. The van der Waals surface area contributed by atoms with Crippen LogP contribution in [0.15, 0.2) is 16.6 Å². The third-order valence-corrected chi connectivity index (χ3v) is 2.74. The Balaban J connectivity index is 2.64.